The fourth-order valence-electron chi connectivity index (χ4n) is 4.23. The zero-order valence-corrected chi connectivity index (χ0v) is 14.3. The summed E-state index contributed by atoms with van der Waals surface area (Å²) >= 11 is 0. The van der Waals surface area contributed by atoms with Gasteiger partial charge in [-0.15, -0.1) is 0 Å². The lowest BCUT2D eigenvalue weighted by Gasteiger charge is -2.30. The van der Waals surface area contributed by atoms with Crippen molar-refractivity contribution in [3.05, 3.63) is 65.9 Å². The van der Waals surface area contributed by atoms with Crippen LogP contribution in [-0.2, 0) is 22.6 Å². The first kappa shape index (κ1) is 15.3. The summed E-state index contributed by atoms with van der Waals surface area (Å²) in [6.45, 7) is 1.47. The number of imide groups is 1. The molecular weight excluding hydrogens is 326 g/mol. The van der Waals surface area contributed by atoms with Crippen molar-refractivity contribution in [3.8, 4) is 0 Å². The highest BCUT2D eigenvalue weighted by molar-refractivity contribution is 6.22. The van der Waals surface area contributed by atoms with E-state index >= 15 is 0 Å². The molecule has 2 amide bonds. The zero-order valence-electron chi connectivity index (χ0n) is 14.3. The van der Waals surface area contributed by atoms with Crippen LogP contribution in [0.5, 0.6) is 0 Å². The minimum Gasteiger partial charge on any atom is -0.357 e. The Bertz CT molecular complexity index is 1010. The molecule has 1 fully saturated rings. The molecule has 5 heteroatoms. The number of carbonyl (C=O) groups excluding carboxylic acids is 2. The second-order valence-electron chi connectivity index (χ2n) is 6.97. The number of carbonyl (C=O) groups is 2. The number of aromatic amines is 1. The van der Waals surface area contributed by atoms with Gasteiger partial charge in [0.05, 0.1) is 18.2 Å². The SMILES string of the molecule is O=C1C[C@@H](N2CCc3c([nH]c4ccccc34)C2)C(=O)N1c1ccccc1. The molecule has 0 unspecified atom stereocenters. The van der Waals surface area contributed by atoms with E-state index in [1.165, 1.54) is 15.8 Å². The molecule has 130 valence electrons. The normalized spacial score (nSPS) is 20.8. The molecule has 26 heavy (non-hydrogen) atoms. The predicted octanol–water partition coefficient (Wildman–Crippen LogP) is 2.86. The maximum atomic E-state index is 13.0. The van der Waals surface area contributed by atoms with Crippen LogP contribution in [0.4, 0.5) is 5.69 Å². The smallest absolute Gasteiger partial charge is 0.251 e. The molecule has 5 rings (SSSR count). The molecule has 0 saturated carbocycles. The maximum absolute atomic E-state index is 13.0. The Morgan fingerprint density at radius 3 is 2.58 bits per heavy atom. The van der Waals surface area contributed by atoms with Crippen molar-refractivity contribution < 1.29 is 9.59 Å². The molecule has 1 saturated heterocycles. The standard InChI is InChI=1S/C21H19N3O2/c25-20-12-19(21(26)24(20)14-6-2-1-3-7-14)23-11-10-16-15-8-4-5-9-17(15)22-18(16)13-23/h1-9,19,22H,10-13H2/t19-/m1/s1. The summed E-state index contributed by atoms with van der Waals surface area (Å²) in [5.74, 6) is -0.227. The van der Waals surface area contributed by atoms with Crippen molar-refractivity contribution in [3.63, 3.8) is 0 Å². The lowest BCUT2D eigenvalue weighted by Crippen LogP contribution is -2.44. The Hall–Kier alpha value is -2.92. The first-order valence-electron chi connectivity index (χ1n) is 8.97. The van der Waals surface area contributed by atoms with Crippen molar-refractivity contribution in [2.75, 3.05) is 11.4 Å². The summed E-state index contributed by atoms with van der Waals surface area (Å²) in [5.41, 5.74) is 4.30. The number of anilines is 1. The summed E-state index contributed by atoms with van der Waals surface area (Å²) in [7, 11) is 0. The number of aromatic nitrogens is 1. The summed E-state index contributed by atoms with van der Waals surface area (Å²) < 4.78 is 0. The third-order valence-corrected chi connectivity index (χ3v) is 5.49. The van der Waals surface area contributed by atoms with E-state index < -0.39 is 0 Å². The lowest BCUT2D eigenvalue weighted by molar-refractivity contribution is -0.123. The lowest BCUT2D eigenvalue weighted by atomic mass is 10.0. The molecule has 1 N–H and O–H groups in total. The van der Waals surface area contributed by atoms with Crippen molar-refractivity contribution in [1.82, 2.24) is 9.88 Å². The summed E-state index contributed by atoms with van der Waals surface area (Å²) in [6, 6.07) is 17.1. The van der Waals surface area contributed by atoms with Crippen LogP contribution in [0.15, 0.2) is 54.6 Å². The average Bonchev–Trinajstić information content (AvgIpc) is 3.18. The minimum atomic E-state index is -0.373. The van der Waals surface area contributed by atoms with Crippen LogP contribution < -0.4 is 4.90 Å². The quantitative estimate of drug-likeness (QED) is 0.727. The van der Waals surface area contributed by atoms with E-state index in [1.807, 2.05) is 36.4 Å². The number of nitrogens with zero attached hydrogens (tertiary/aromatic N) is 2. The molecule has 2 aliphatic rings. The molecule has 0 aliphatic carbocycles. The Balaban J connectivity index is 1.43. The van der Waals surface area contributed by atoms with Crippen LogP contribution in [0.1, 0.15) is 17.7 Å². The highest BCUT2D eigenvalue weighted by Gasteiger charge is 2.43. The van der Waals surface area contributed by atoms with Crippen LogP contribution in [0.2, 0.25) is 0 Å². The number of fused-ring (bicyclic) bond motifs is 3. The van der Waals surface area contributed by atoms with Crippen LogP contribution >= 0.6 is 0 Å². The van der Waals surface area contributed by atoms with Gasteiger partial charge in [0.1, 0.15) is 0 Å². The Labute approximate surface area is 151 Å². The molecule has 2 aromatic carbocycles. The predicted molar refractivity (Wildman–Crippen MR) is 99.8 cm³/mol. The van der Waals surface area contributed by atoms with Crippen LogP contribution in [-0.4, -0.2) is 34.3 Å². The van der Waals surface area contributed by atoms with Crippen LogP contribution in [0.25, 0.3) is 10.9 Å². The van der Waals surface area contributed by atoms with E-state index in [0.717, 1.165) is 24.2 Å². The average molecular weight is 345 g/mol. The van der Waals surface area contributed by atoms with Gasteiger partial charge in [-0.3, -0.25) is 14.5 Å². The van der Waals surface area contributed by atoms with Gasteiger partial charge < -0.3 is 4.98 Å². The first-order chi connectivity index (χ1) is 12.7. The number of para-hydroxylation sites is 2. The van der Waals surface area contributed by atoms with Gasteiger partial charge in [-0.05, 0) is 30.2 Å². The second-order valence-corrected chi connectivity index (χ2v) is 6.97. The zero-order chi connectivity index (χ0) is 17.7. The fraction of sp³-hybridized carbons (Fsp3) is 0.238. The number of amides is 2. The molecule has 1 aromatic heterocycles. The van der Waals surface area contributed by atoms with Crippen molar-refractivity contribution in [2.45, 2.75) is 25.4 Å². The molecule has 5 nitrogen and oxygen atoms in total. The van der Waals surface area contributed by atoms with Gasteiger partial charge in [0.15, 0.2) is 0 Å². The van der Waals surface area contributed by atoms with Gasteiger partial charge in [0, 0.05) is 29.7 Å². The summed E-state index contributed by atoms with van der Waals surface area (Å²) in [4.78, 5) is 32.4. The monoisotopic (exact) mass is 345 g/mol. The van der Waals surface area contributed by atoms with Gasteiger partial charge in [-0.2, -0.15) is 0 Å². The molecule has 0 bridgehead atoms. The molecule has 3 aromatic rings. The van der Waals surface area contributed by atoms with E-state index in [9.17, 15) is 9.59 Å². The second kappa shape index (κ2) is 5.81. The van der Waals surface area contributed by atoms with Crippen LogP contribution in [0, 0.1) is 0 Å². The van der Waals surface area contributed by atoms with Gasteiger partial charge in [0.2, 0.25) is 5.91 Å². The number of H-pyrrole nitrogens is 1. The maximum Gasteiger partial charge on any atom is 0.251 e. The largest absolute Gasteiger partial charge is 0.357 e. The summed E-state index contributed by atoms with van der Waals surface area (Å²) in [5, 5.41) is 1.27. The molecule has 0 radical (unpaired) electrons. The fourth-order valence-corrected chi connectivity index (χ4v) is 4.23. The molecule has 0 spiro atoms. The first-order valence-corrected chi connectivity index (χ1v) is 8.97. The van der Waals surface area contributed by atoms with Crippen molar-refractivity contribution >= 4 is 28.4 Å². The molecule has 3 heterocycles. The van der Waals surface area contributed by atoms with Crippen LogP contribution in [0.3, 0.4) is 0 Å². The van der Waals surface area contributed by atoms with Gasteiger partial charge in [-0.25, -0.2) is 4.90 Å². The number of nitrogens with one attached hydrogen (secondary N) is 1. The minimum absolute atomic E-state index is 0.110. The van der Waals surface area contributed by atoms with E-state index in [1.54, 1.807) is 0 Å². The van der Waals surface area contributed by atoms with E-state index in [4.69, 9.17) is 0 Å². The van der Waals surface area contributed by atoms with Gasteiger partial charge in [-0.1, -0.05) is 36.4 Å². The number of benzene rings is 2. The van der Waals surface area contributed by atoms with Gasteiger partial charge >= 0.3 is 0 Å². The number of rotatable bonds is 2. The number of hydrogen-bond donors (Lipinski definition) is 1. The highest BCUT2D eigenvalue weighted by atomic mass is 16.2. The third-order valence-electron chi connectivity index (χ3n) is 5.49. The Morgan fingerprint density at radius 1 is 0.962 bits per heavy atom. The highest BCUT2D eigenvalue weighted by Crippen LogP contribution is 2.31. The summed E-state index contributed by atoms with van der Waals surface area (Å²) in [6.07, 6.45) is 1.14. The molecule has 2 aliphatic heterocycles. The van der Waals surface area contributed by atoms with E-state index in [0.29, 0.717) is 12.2 Å². The molecule has 1 atom stereocenters. The Kier molecular flexibility index (Phi) is 3.43. The number of hydrogen-bond acceptors (Lipinski definition) is 3. The van der Waals surface area contributed by atoms with E-state index in [-0.39, 0.29) is 24.3 Å². The van der Waals surface area contributed by atoms with Crippen molar-refractivity contribution in [1.29, 1.82) is 0 Å². The molecular formula is C21H19N3O2. The van der Waals surface area contributed by atoms with Gasteiger partial charge in [0.25, 0.3) is 5.91 Å². The van der Waals surface area contributed by atoms with Crippen molar-refractivity contribution in [2.24, 2.45) is 0 Å². The Morgan fingerprint density at radius 2 is 1.73 bits per heavy atom. The topological polar surface area (TPSA) is 56.4 Å². The van der Waals surface area contributed by atoms with E-state index in [2.05, 4.69) is 28.1 Å². The third kappa shape index (κ3) is 2.28.